The minimum atomic E-state index is -0.560. The molecule has 1 aliphatic rings. The molecule has 164 valence electrons. The van der Waals surface area contributed by atoms with E-state index in [1.807, 2.05) is 0 Å². The summed E-state index contributed by atoms with van der Waals surface area (Å²) >= 11 is 0. The van der Waals surface area contributed by atoms with E-state index >= 15 is 0 Å². The van der Waals surface area contributed by atoms with E-state index in [0.717, 1.165) is 12.0 Å². The van der Waals surface area contributed by atoms with Gasteiger partial charge in [-0.3, -0.25) is 4.79 Å². The Hall–Kier alpha value is -3.67. The fraction of sp³-hybridized carbons (Fsp3) is 0.269. The van der Waals surface area contributed by atoms with Crippen LogP contribution in [-0.4, -0.2) is 18.1 Å². The standard InChI is InChI=1S/C26H26N2O4/c1-26(2,3)19-10-8-18(9-11-19)21-15-22(21)24(29)28-27-16-17-6-12-20(13-7-17)32-25(30)23-5-4-14-31-23/h4-14,16,21-22H,15H2,1-3H3,(H,28,29)/b27-16+. The van der Waals surface area contributed by atoms with Gasteiger partial charge in [0.1, 0.15) is 5.75 Å². The molecule has 1 aromatic heterocycles. The van der Waals surface area contributed by atoms with Crippen LogP contribution in [0.1, 0.15) is 60.4 Å². The molecule has 0 spiro atoms. The van der Waals surface area contributed by atoms with Crippen LogP contribution in [-0.2, 0) is 10.2 Å². The predicted octanol–water partition coefficient (Wildman–Crippen LogP) is 5.05. The second-order valence-electron chi connectivity index (χ2n) is 8.99. The molecule has 4 rings (SSSR count). The highest BCUT2D eigenvalue weighted by molar-refractivity contribution is 5.88. The molecule has 0 saturated heterocycles. The van der Waals surface area contributed by atoms with E-state index in [4.69, 9.17) is 9.15 Å². The van der Waals surface area contributed by atoms with Crippen LogP contribution in [0.5, 0.6) is 5.75 Å². The van der Waals surface area contributed by atoms with Crippen molar-refractivity contribution in [3.63, 3.8) is 0 Å². The van der Waals surface area contributed by atoms with E-state index in [9.17, 15) is 9.59 Å². The third kappa shape index (κ3) is 5.14. The summed E-state index contributed by atoms with van der Waals surface area (Å²) < 4.78 is 10.2. The first-order chi connectivity index (χ1) is 15.3. The maximum absolute atomic E-state index is 12.4. The molecule has 0 radical (unpaired) electrons. The van der Waals surface area contributed by atoms with Gasteiger partial charge >= 0.3 is 5.97 Å². The molecule has 1 heterocycles. The van der Waals surface area contributed by atoms with Crippen molar-refractivity contribution in [1.82, 2.24) is 5.43 Å². The fourth-order valence-electron chi connectivity index (χ4n) is 3.51. The maximum atomic E-state index is 12.4. The molecule has 1 amide bonds. The first-order valence-electron chi connectivity index (χ1n) is 10.6. The van der Waals surface area contributed by atoms with Crippen molar-refractivity contribution in [3.05, 3.63) is 89.4 Å². The molecule has 1 aliphatic carbocycles. The topological polar surface area (TPSA) is 80.9 Å². The van der Waals surface area contributed by atoms with Crippen molar-refractivity contribution >= 4 is 18.1 Å². The summed E-state index contributed by atoms with van der Waals surface area (Å²) in [6.45, 7) is 6.57. The minimum Gasteiger partial charge on any atom is -0.457 e. The van der Waals surface area contributed by atoms with Crippen LogP contribution in [0.4, 0.5) is 0 Å². The van der Waals surface area contributed by atoms with Gasteiger partial charge in [0.15, 0.2) is 0 Å². The van der Waals surface area contributed by atoms with Crippen molar-refractivity contribution in [2.75, 3.05) is 0 Å². The van der Waals surface area contributed by atoms with Crippen LogP contribution >= 0.6 is 0 Å². The first-order valence-corrected chi connectivity index (χ1v) is 10.6. The Morgan fingerprint density at radius 2 is 1.78 bits per heavy atom. The molecular weight excluding hydrogens is 404 g/mol. The van der Waals surface area contributed by atoms with Crippen LogP contribution in [0.2, 0.25) is 0 Å². The maximum Gasteiger partial charge on any atom is 0.379 e. The summed E-state index contributed by atoms with van der Waals surface area (Å²) in [5.41, 5.74) is 6.00. The van der Waals surface area contributed by atoms with Crippen LogP contribution in [0, 0.1) is 5.92 Å². The van der Waals surface area contributed by atoms with E-state index in [1.165, 1.54) is 23.5 Å². The number of hydrazone groups is 1. The van der Waals surface area contributed by atoms with Crippen LogP contribution in [0.15, 0.2) is 76.4 Å². The summed E-state index contributed by atoms with van der Waals surface area (Å²) in [6, 6.07) is 18.5. The van der Waals surface area contributed by atoms with Gasteiger partial charge < -0.3 is 9.15 Å². The molecule has 2 aromatic carbocycles. The minimum absolute atomic E-state index is 0.0453. The van der Waals surface area contributed by atoms with Gasteiger partial charge in [-0.15, -0.1) is 0 Å². The van der Waals surface area contributed by atoms with E-state index < -0.39 is 5.97 Å². The fourth-order valence-corrected chi connectivity index (χ4v) is 3.51. The average molecular weight is 431 g/mol. The number of furan rings is 1. The summed E-state index contributed by atoms with van der Waals surface area (Å²) in [7, 11) is 0. The molecule has 32 heavy (non-hydrogen) atoms. The Balaban J connectivity index is 1.26. The number of ether oxygens (including phenoxy) is 1. The third-order valence-corrected chi connectivity index (χ3v) is 5.53. The zero-order valence-electron chi connectivity index (χ0n) is 18.4. The van der Waals surface area contributed by atoms with Crippen LogP contribution in [0.3, 0.4) is 0 Å². The number of nitrogens with one attached hydrogen (secondary N) is 1. The second kappa shape index (κ2) is 8.83. The molecular formula is C26H26N2O4. The van der Waals surface area contributed by atoms with E-state index in [1.54, 1.807) is 36.5 Å². The molecule has 6 heteroatoms. The van der Waals surface area contributed by atoms with E-state index in [0.29, 0.717) is 5.75 Å². The summed E-state index contributed by atoms with van der Waals surface area (Å²) in [5, 5.41) is 4.06. The molecule has 1 fully saturated rings. The lowest BCUT2D eigenvalue weighted by Crippen LogP contribution is -2.20. The highest BCUT2D eigenvalue weighted by Gasteiger charge is 2.44. The van der Waals surface area contributed by atoms with Crippen molar-refractivity contribution < 1.29 is 18.7 Å². The zero-order valence-corrected chi connectivity index (χ0v) is 18.4. The number of esters is 1. The number of nitrogens with zero attached hydrogens (tertiary/aromatic N) is 1. The molecule has 2 atom stereocenters. The van der Waals surface area contributed by atoms with Crippen molar-refractivity contribution in [1.29, 1.82) is 0 Å². The Morgan fingerprint density at radius 1 is 1.06 bits per heavy atom. The van der Waals surface area contributed by atoms with Gasteiger partial charge in [0.05, 0.1) is 12.5 Å². The lowest BCUT2D eigenvalue weighted by molar-refractivity contribution is -0.122. The summed E-state index contributed by atoms with van der Waals surface area (Å²) in [6.07, 6.45) is 3.81. The summed E-state index contributed by atoms with van der Waals surface area (Å²) in [4.78, 5) is 24.3. The monoisotopic (exact) mass is 430 g/mol. The van der Waals surface area contributed by atoms with Crippen LogP contribution < -0.4 is 10.2 Å². The van der Waals surface area contributed by atoms with Gasteiger partial charge in [-0.2, -0.15) is 5.10 Å². The van der Waals surface area contributed by atoms with Gasteiger partial charge in [0.25, 0.3) is 0 Å². The van der Waals surface area contributed by atoms with Gasteiger partial charge in [0, 0.05) is 5.92 Å². The summed E-state index contributed by atoms with van der Waals surface area (Å²) in [5.74, 6) is 0.108. The van der Waals surface area contributed by atoms with Crippen molar-refractivity contribution in [3.8, 4) is 5.75 Å². The highest BCUT2D eigenvalue weighted by atomic mass is 16.5. The molecule has 2 unspecified atom stereocenters. The number of carbonyl (C=O) groups is 2. The Labute approximate surface area is 187 Å². The smallest absolute Gasteiger partial charge is 0.379 e. The zero-order chi connectivity index (χ0) is 22.7. The van der Waals surface area contributed by atoms with Gasteiger partial charge in [0.2, 0.25) is 11.7 Å². The first kappa shape index (κ1) is 21.6. The third-order valence-electron chi connectivity index (χ3n) is 5.53. The van der Waals surface area contributed by atoms with Gasteiger partial charge in [-0.25, -0.2) is 10.2 Å². The van der Waals surface area contributed by atoms with Gasteiger partial charge in [-0.05, 0) is 70.8 Å². The Morgan fingerprint density at radius 3 is 2.41 bits per heavy atom. The number of carbonyl (C=O) groups excluding carboxylic acids is 2. The average Bonchev–Trinajstić information content (AvgIpc) is 3.38. The quantitative estimate of drug-likeness (QED) is 0.257. The lowest BCUT2D eigenvalue weighted by atomic mass is 9.86. The number of hydrogen-bond donors (Lipinski definition) is 1. The van der Waals surface area contributed by atoms with Gasteiger partial charge in [-0.1, -0.05) is 45.0 Å². The number of rotatable bonds is 6. The van der Waals surface area contributed by atoms with E-state index in [-0.39, 0.29) is 28.9 Å². The molecule has 1 saturated carbocycles. The molecule has 0 aliphatic heterocycles. The number of benzene rings is 2. The molecule has 6 nitrogen and oxygen atoms in total. The van der Waals surface area contributed by atoms with Crippen molar-refractivity contribution in [2.24, 2.45) is 11.0 Å². The second-order valence-corrected chi connectivity index (χ2v) is 8.99. The van der Waals surface area contributed by atoms with Crippen molar-refractivity contribution in [2.45, 2.75) is 38.5 Å². The molecule has 3 aromatic rings. The lowest BCUT2D eigenvalue weighted by Gasteiger charge is -2.19. The number of hydrogen-bond acceptors (Lipinski definition) is 5. The molecule has 1 N–H and O–H groups in total. The normalized spacial score (nSPS) is 17.8. The van der Waals surface area contributed by atoms with Crippen LogP contribution in [0.25, 0.3) is 0 Å². The SMILES string of the molecule is CC(C)(C)c1ccc(C2CC2C(=O)N/N=C/c2ccc(OC(=O)c3ccco3)cc2)cc1. The molecule has 0 bridgehead atoms. The highest BCUT2D eigenvalue weighted by Crippen LogP contribution is 2.47. The predicted molar refractivity (Wildman–Crippen MR) is 122 cm³/mol. The Bertz CT molecular complexity index is 1110. The number of amides is 1. The van der Waals surface area contributed by atoms with E-state index in [2.05, 4.69) is 55.6 Å². The Kier molecular flexibility index (Phi) is 5.95. The largest absolute Gasteiger partial charge is 0.457 e.